The molecular weight excluding hydrogens is 246 g/mol. The van der Waals surface area contributed by atoms with Crippen molar-refractivity contribution in [3.05, 3.63) is 41.7 Å². The van der Waals surface area contributed by atoms with Gasteiger partial charge in [-0.3, -0.25) is 5.10 Å². The number of benzene rings is 1. The second-order valence-corrected chi connectivity index (χ2v) is 4.32. The molecule has 2 aromatic rings. The Hall–Kier alpha value is -2.50. The Bertz CT molecular complexity index is 609. The highest BCUT2D eigenvalue weighted by molar-refractivity contribution is 5.85. The van der Waals surface area contributed by atoms with E-state index in [9.17, 15) is 4.79 Å². The number of hydrogen-bond acceptors (Lipinski definition) is 4. The summed E-state index contributed by atoms with van der Waals surface area (Å²) in [4.78, 5) is 12.9. The molecular formula is C13H13N3O3. The molecule has 0 fully saturated rings. The number of aromatic carboxylic acids is 1. The molecule has 0 spiro atoms. The van der Waals surface area contributed by atoms with Crippen LogP contribution >= 0.6 is 0 Å². The molecule has 6 heteroatoms. The Labute approximate surface area is 109 Å². The van der Waals surface area contributed by atoms with E-state index >= 15 is 0 Å². The minimum atomic E-state index is -1.02. The first-order chi connectivity index (χ1) is 9.24. The number of nitrogens with one attached hydrogen (secondary N) is 1. The molecule has 0 bridgehead atoms. The Morgan fingerprint density at radius 2 is 2.32 bits per heavy atom. The van der Waals surface area contributed by atoms with E-state index in [0.29, 0.717) is 13.2 Å². The van der Waals surface area contributed by atoms with Gasteiger partial charge in [0.05, 0.1) is 24.5 Å². The lowest BCUT2D eigenvalue weighted by Gasteiger charge is -2.30. The van der Waals surface area contributed by atoms with Gasteiger partial charge in [-0.05, 0) is 18.2 Å². The van der Waals surface area contributed by atoms with Crippen molar-refractivity contribution in [1.82, 2.24) is 10.2 Å². The third-order valence-corrected chi connectivity index (χ3v) is 3.04. The lowest BCUT2D eigenvalue weighted by molar-refractivity contribution is 0.0690. The van der Waals surface area contributed by atoms with Gasteiger partial charge >= 0.3 is 5.97 Å². The second-order valence-electron chi connectivity index (χ2n) is 4.32. The Kier molecular flexibility index (Phi) is 2.83. The molecule has 1 aromatic heterocycles. The maximum absolute atomic E-state index is 10.8. The van der Waals surface area contributed by atoms with Gasteiger partial charge in [-0.2, -0.15) is 5.10 Å². The van der Waals surface area contributed by atoms with Gasteiger partial charge in [0.15, 0.2) is 5.69 Å². The monoisotopic (exact) mass is 259 g/mol. The highest BCUT2D eigenvalue weighted by Gasteiger charge is 2.18. The molecule has 0 radical (unpaired) electrons. The Balaban J connectivity index is 1.82. The maximum atomic E-state index is 10.8. The lowest BCUT2D eigenvalue weighted by Crippen LogP contribution is -2.32. The van der Waals surface area contributed by atoms with Crippen LogP contribution in [0.4, 0.5) is 5.69 Å². The molecule has 0 amide bonds. The highest BCUT2D eigenvalue weighted by Crippen LogP contribution is 2.31. The van der Waals surface area contributed by atoms with Crippen LogP contribution in [0.2, 0.25) is 0 Å². The smallest absolute Gasteiger partial charge is 0.356 e. The maximum Gasteiger partial charge on any atom is 0.356 e. The van der Waals surface area contributed by atoms with Gasteiger partial charge in [0, 0.05) is 0 Å². The molecule has 0 aliphatic carbocycles. The van der Waals surface area contributed by atoms with E-state index in [-0.39, 0.29) is 5.69 Å². The van der Waals surface area contributed by atoms with Crippen LogP contribution in [-0.4, -0.2) is 34.4 Å². The van der Waals surface area contributed by atoms with Crippen molar-refractivity contribution < 1.29 is 14.6 Å². The van der Waals surface area contributed by atoms with Crippen LogP contribution in [0.15, 0.2) is 30.3 Å². The fourth-order valence-corrected chi connectivity index (χ4v) is 2.15. The van der Waals surface area contributed by atoms with Crippen molar-refractivity contribution in [2.75, 3.05) is 18.1 Å². The third-order valence-electron chi connectivity index (χ3n) is 3.04. The van der Waals surface area contributed by atoms with Gasteiger partial charge in [-0.1, -0.05) is 12.1 Å². The minimum Gasteiger partial charge on any atom is -0.490 e. The van der Waals surface area contributed by atoms with E-state index in [1.807, 2.05) is 24.3 Å². The normalized spacial score (nSPS) is 13.8. The lowest BCUT2D eigenvalue weighted by atomic mass is 10.2. The zero-order valence-electron chi connectivity index (χ0n) is 10.2. The molecule has 6 nitrogen and oxygen atoms in total. The van der Waals surface area contributed by atoms with E-state index in [1.54, 1.807) is 6.07 Å². The minimum absolute atomic E-state index is 0.0385. The van der Waals surface area contributed by atoms with E-state index in [0.717, 1.165) is 23.7 Å². The number of aromatic nitrogens is 2. The molecule has 0 atom stereocenters. The largest absolute Gasteiger partial charge is 0.490 e. The summed E-state index contributed by atoms with van der Waals surface area (Å²) in [5, 5.41) is 15.4. The first-order valence-corrected chi connectivity index (χ1v) is 5.98. The van der Waals surface area contributed by atoms with Crippen LogP contribution < -0.4 is 9.64 Å². The number of anilines is 1. The second kappa shape index (κ2) is 4.64. The first-order valence-electron chi connectivity index (χ1n) is 5.98. The summed E-state index contributed by atoms with van der Waals surface area (Å²) in [5.41, 5.74) is 1.82. The number of nitrogens with zero attached hydrogens (tertiary/aromatic N) is 2. The van der Waals surface area contributed by atoms with Gasteiger partial charge in [0.25, 0.3) is 0 Å². The number of ether oxygens (including phenoxy) is 1. The number of H-pyrrole nitrogens is 1. The predicted molar refractivity (Wildman–Crippen MR) is 68.5 cm³/mol. The zero-order chi connectivity index (χ0) is 13.2. The van der Waals surface area contributed by atoms with E-state index < -0.39 is 5.97 Å². The molecule has 1 aliphatic heterocycles. The SMILES string of the molecule is O=C(O)c1cc(CN2CCOc3ccccc32)[nH]n1. The summed E-state index contributed by atoms with van der Waals surface area (Å²) in [6.07, 6.45) is 0. The molecule has 1 aromatic carbocycles. The van der Waals surface area contributed by atoms with Crippen LogP contribution in [0.1, 0.15) is 16.2 Å². The number of carboxylic acids is 1. The van der Waals surface area contributed by atoms with Crippen molar-refractivity contribution >= 4 is 11.7 Å². The quantitative estimate of drug-likeness (QED) is 0.873. The first kappa shape index (κ1) is 11.6. The molecule has 0 saturated carbocycles. The molecule has 3 rings (SSSR count). The van der Waals surface area contributed by atoms with Gasteiger partial charge in [-0.25, -0.2) is 4.79 Å². The topological polar surface area (TPSA) is 78.5 Å². The van der Waals surface area contributed by atoms with Crippen LogP contribution in [0.25, 0.3) is 0 Å². The van der Waals surface area contributed by atoms with Crippen molar-refractivity contribution in [1.29, 1.82) is 0 Å². The summed E-state index contributed by atoms with van der Waals surface area (Å²) in [6, 6.07) is 9.36. The molecule has 98 valence electrons. The third kappa shape index (κ3) is 2.24. The summed E-state index contributed by atoms with van der Waals surface area (Å²) in [5.74, 6) is -0.170. The zero-order valence-corrected chi connectivity index (χ0v) is 10.2. The van der Waals surface area contributed by atoms with Crippen LogP contribution in [0.5, 0.6) is 5.75 Å². The fraction of sp³-hybridized carbons (Fsp3) is 0.231. The summed E-state index contributed by atoms with van der Waals surface area (Å²) in [6.45, 7) is 1.97. The summed E-state index contributed by atoms with van der Waals surface area (Å²) >= 11 is 0. The van der Waals surface area contributed by atoms with Crippen molar-refractivity contribution in [3.8, 4) is 5.75 Å². The summed E-state index contributed by atoms with van der Waals surface area (Å²) in [7, 11) is 0. The standard InChI is InChI=1S/C13H13N3O3/c17-13(18)10-7-9(14-15-10)8-16-5-6-19-12-4-2-1-3-11(12)16/h1-4,7H,5-6,8H2,(H,14,15)(H,17,18). The molecule has 2 heterocycles. The molecule has 19 heavy (non-hydrogen) atoms. The summed E-state index contributed by atoms with van der Waals surface area (Å²) < 4.78 is 5.57. The van der Waals surface area contributed by atoms with E-state index in [1.165, 1.54) is 0 Å². The number of para-hydroxylation sites is 2. The number of fused-ring (bicyclic) bond motifs is 1. The Morgan fingerprint density at radius 1 is 1.47 bits per heavy atom. The van der Waals surface area contributed by atoms with Crippen LogP contribution in [-0.2, 0) is 6.54 Å². The number of hydrogen-bond donors (Lipinski definition) is 2. The molecule has 2 N–H and O–H groups in total. The van der Waals surface area contributed by atoms with Crippen molar-refractivity contribution in [2.24, 2.45) is 0 Å². The average Bonchev–Trinajstić information content (AvgIpc) is 2.88. The molecule has 0 unspecified atom stereocenters. The van der Waals surface area contributed by atoms with Crippen LogP contribution in [0, 0.1) is 0 Å². The number of aromatic amines is 1. The van der Waals surface area contributed by atoms with Crippen molar-refractivity contribution in [2.45, 2.75) is 6.54 Å². The fourth-order valence-electron chi connectivity index (χ4n) is 2.15. The average molecular weight is 259 g/mol. The van der Waals surface area contributed by atoms with E-state index in [2.05, 4.69) is 15.1 Å². The number of carbonyl (C=O) groups is 1. The Morgan fingerprint density at radius 3 is 3.11 bits per heavy atom. The highest BCUT2D eigenvalue weighted by atomic mass is 16.5. The molecule has 0 saturated heterocycles. The van der Waals surface area contributed by atoms with Gasteiger partial charge in [0.2, 0.25) is 0 Å². The number of rotatable bonds is 3. The van der Waals surface area contributed by atoms with Crippen molar-refractivity contribution in [3.63, 3.8) is 0 Å². The number of carboxylic acid groups (broad SMARTS) is 1. The predicted octanol–water partition coefficient (Wildman–Crippen LogP) is 1.51. The van der Waals surface area contributed by atoms with Gasteiger partial charge in [0.1, 0.15) is 12.4 Å². The van der Waals surface area contributed by atoms with Crippen LogP contribution in [0.3, 0.4) is 0 Å². The molecule has 1 aliphatic rings. The van der Waals surface area contributed by atoms with E-state index in [4.69, 9.17) is 9.84 Å². The van der Waals surface area contributed by atoms with Gasteiger partial charge < -0.3 is 14.7 Å². The van der Waals surface area contributed by atoms with Gasteiger partial charge in [-0.15, -0.1) is 0 Å².